The summed E-state index contributed by atoms with van der Waals surface area (Å²) < 4.78 is 0. The predicted octanol–water partition coefficient (Wildman–Crippen LogP) is 5.17. The number of hydrogen-bond donors (Lipinski definition) is 1. The molecular formula is C23H29N. The Balaban J connectivity index is 1.94. The zero-order valence-corrected chi connectivity index (χ0v) is 15.2. The third-order valence-corrected chi connectivity index (χ3v) is 6.77. The zero-order valence-electron chi connectivity index (χ0n) is 15.2. The largest absolute Gasteiger partial charge is 0.304 e. The molecule has 1 nitrogen and oxygen atoms in total. The third kappa shape index (κ3) is 2.18. The van der Waals surface area contributed by atoms with Gasteiger partial charge in [-0.1, -0.05) is 62.4 Å². The van der Waals surface area contributed by atoms with Crippen molar-refractivity contribution >= 4 is 0 Å². The van der Waals surface area contributed by atoms with Gasteiger partial charge in [0, 0.05) is 0 Å². The summed E-state index contributed by atoms with van der Waals surface area (Å²) in [5.74, 6) is 0.863. The van der Waals surface area contributed by atoms with Crippen molar-refractivity contribution in [2.75, 3.05) is 6.54 Å². The molecule has 1 aliphatic heterocycles. The highest BCUT2D eigenvalue weighted by Crippen LogP contribution is 2.61. The first-order valence-electron chi connectivity index (χ1n) is 9.59. The van der Waals surface area contributed by atoms with Gasteiger partial charge in [-0.25, -0.2) is 0 Å². The Hall–Kier alpha value is -1.60. The van der Waals surface area contributed by atoms with Gasteiger partial charge in [0.15, 0.2) is 0 Å². The van der Waals surface area contributed by atoms with Crippen molar-refractivity contribution in [2.45, 2.75) is 57.4 Å². The molecule has 1 fully saturated rings. The Morgan fingerprint density at radius 2 is 1.62 bits per heavy atom. The van der Waals surface area contributed by atoms with Crippen LogP contribution in [0.25, 0.3) is 0 Å². The van der Waals surface area contributed by atoms with Gasteiger partial charge in [0.25, 0.3) is 0 Å². The summed E-state index contributed by atoms with van der Waals surface area (Å²) in [7, 11) is 0. The second-order valence-corrected chi connectivity index (χ2v) is 7.81. The molecule has 2 aliphatic rings. The van der Waals surface area contributed by atoms with E-state index in [1.54, 1.807) is 5.56 Å². The molecule has 0 spiro atoms. The highest BCUT2D eigenvalue weighted by Gasteiger charge is 2.56. The van der Waals surface area contributed by atoms with Crippen molar-refractivity contribution in [3.8, 4) is 0 Å². The van der Waals surface area contributed by atoms with Crippen molar-refractivity contribution in [3.63, 3.8) is 0 Å². The molecule has 4 rings (SSSR count). The SMILES string of the molecule is CCc1ccccc1[C@@]1(C)NCC[C@@H]2C[C@]2(CC)c2ccccc21. The van der Waals surface area contributed by atoms with Crippen LogP contribution in [0.1, 0.15) is 62.3 Å². The van der Waals surface area contributed by atoms with Gasteiger partial charge in [-0.3, -0.25) is 0 Å². The van der Waals surface area contributed by atoms with Crippen LogP contribution in [0.15, 0.2) is 48.5 Å². The number of hydrogen-bond acceptors (Lipinski definition) is 1. The average Bonchev–Trinajstić information content (AvgIpc) is 3.34. The monoisotopic (exact) mass is 319 g/mol. The highest BCUT2D eigenvalue weighted by molar-refractivity contribution is 5.51. The van der Waals surface area contributed by atoms with Gasteiger partial charge < -0.3 is 5.32 Å². The maximum Gasteiger partial charge on any atom is 0.0667 e. The molecule has 0 radical (unpaired) electrons. The number of aryl methyl sites for hydroxylation is 1. The van der Waals surface area contributed by atoms with E-state index in [0.29, 0.717) is 5.41 Å². The molecule has 2 aromatic carbocycles. The minimum Gasteiger partial charge on any atom is -0.304 e. The summed E-state index contributed by atoms with van der Waals surface area (Å²) in [5, 5.41) is 3.94. The maximum absolute atomic E-state index is 3.94. The predicted molar refractivity (Wildman–Crippen MR) is 101 cm³/mol. The molecule has 1 saturated carbocycles. The van der Waals surface area contributed by atoms with Crippen molar-refractivity contribution in [2.24, 2.45) is 5.92 Å². The third-order valence-electron chi connectivity index (χ3n) is 6.77. The number of nitrogens with one attached hydrogen (secondary N) is 1. The van der Waals surface area contributed by atoms with Crippen molar-refractivity contribution in [1.29, 1.82) is 0 Å². The Morgan fingerprint density at radius 1 is 0.958 bits per heavy atom. The van der Waals surface area contributed by atoms with Crippen LogP contribution in [-0.4, -0.2) is 6.54 Å². The van der Waals surface area contributed by atoms with E-state index in [0.717, 1.165) is 18.9 Å². The van der Waals surface area contributed by atoms with Gasteiger partial charge >= 0.3 is 0 Å². The van der Waals surface area contributed by atoms with Crippen LogP contribution >= 0.6 is 0 Å². The van der Waals surface area contributed by atoms with E-state index < -0.39 is 0 Å². The molecule has 0 aromatic heterocycles. The Morgan fingerprint density at radius 3 is 2.33 bits per heavy atom. The van der Waals surface area contributed by atoms with Crippen LogP contribution in [0.3, 0.4) is 0 Å². The average molecular weight is 319 g/mol. The summed E-state index contributed by atoms with van der Waals surface area (Å²) >= 11 is 0. The van der Waals surface area contributed by atoms with Gasteiger partial charge in [0.05, 0.1) is 5.54 Å². The minimum absolute atomic E-state index is 0.0983. The molecule has 2 aromatic rings. The van der Waals surface area contributed by atoms with Crippen LogP contribution in [0, 0.1) is 5.92 Å². The van der Waals surface area contributed by atoms with E-state index in [-0.39, 0.29) is 5.54 Å². The van der Waals surface area contributed by atoms with E-state index in [1.807, 2.05) is 0 Å². The smallest absolute Gasteiger partial charge is 0.0667 e. The van der Waals surface area contributed by atoms with E-state index in [2.05, 4.69) is 74.6 Å². The molecule has 1 N–H and O–H groups in total. The fraction of sp³-hybridized carbons (Fsp3) is 0.478. The molecule has 24 heavy (non-hydrogen) atoms. The lowest BCUT2D eigenvalue weighted by Gasteiger charge is -2.39. The maximum atomic E-state index is 3.94. The first-order chi connectivity index (χ1) is 11.7. The molecule has 1 heteroatoms. The molecule has 0 saturated heterocycles. The zero-order chi connectivity index (χ0) is 16.8. The molecule has 0 unspecified atom stereocenters. The van der Waals surface area contributed by atoms with Crippen molar-refractivity contribution < 1.29 is 0 Å². The van der Waals surface area contributed by atoms with Crippen molar-refractivity contribution in [3.05, 3.63) is 70.8 Å². The quantitative estimate of drug-likeness (QED) is 0.822. The second-order valence-electron chi connectivity index (χ2n) is 7.81. The Labute approximate surface area is 146 Å². The van der Waals surface area contributed by atoms with Gasteiger partial charge in [0.2, 0.25) is 0 Å². The van der Waals surface area contributed by atoms with Gasteiger partial charge in [-0.05, 0) is 72.7 Å². The summed E-state index contributed by atoms with van der Waals surface area (Å²) in [5.41, 5.74) is 6.33. The molecule has 3 atom stereocenters. The van der Waals surface area contributed by atoms with E-state index in [1.165, 1.54) is 36.0 Å². The summed E-state index contributed by atoms with van der Waals surface area (Å²) in [6.45, 7) is 8.15. The summed E-state index contributed by atoms with van der Waals surface area (Å²) in [6.07, 6.45) is 5.01. The standard InChI is InChI=1S/C23H29N/c1-4-17-10-6-7-11-19(17)22(3)20-12-8-9-13-21(20)23(5-2)16-18(23)14-15-24-22/h6-13,18,24H,4-5,14-16H2,1-3H3/t18-,22-,23+/m1/s1. The van der Waals surface area contributed by atoms with Crippen LogP contribution in [0.2, 0.25) is 0 Å². The minimum atomic E-state index is -0.0983. The van der Waals surface area contributed by atoms with E-state index >= 15 is 0 Å². The van der Waals surface area contributed by atoms with E-state index in [9.17, 15) is 0 Å². The fourth-order valence-electron chi connectivity index (χ4n) is 5.21. The van der Waals surface area contributed by atoms with Crippen LogP contribution in [0.4, 0.5) is 0 Å². The van der Waals surface area contributed by atoms with Crippen molar-refractivity contribution in [1.82, 2.24) is 5.32 Å². The van der Waals surface area contributed by atoms with Crippen LogP contribution in [-0.2, 0) is 17.4 Å². The molecule has 126 valence electrons. The van der Waals surface area contributed by atoms with E-state index in [4.69, 9.17) is 0 Å². The summed E-state index contributed by atoms with van der Waals surface area (Å²) in [4.78, 5) is 0. The lowest BCUT2D eigenvalue weighted by molar-refractivity contribution is 0.388. The number of fused-ring (bicyclic) bond motifs is 3. The van der Waals surface area contributed by atoms with Crippen LogP contribution in [0.5, 0.6) is 0 Å². The molecule has 0 amide bonds. The lowest BCUT2D eigenvalue weighted by atomic mass is 9.74. The molecule has 1 aliphatic carbocycles. The van der Waals surface area contributed by atoms with Gasteiger partial charge in [-0.15, -0.1) is 0 Å². The fourth-order valence-corrected chi connectivity index (χ4v) is 5.21. The molecule has 1 heterocycles. The highest BCUT2D eigenvalue weighted by atomic mass is 15.0. The topological polar surface area (TPSA) is 12.0 Å². The molecular weight excluding hydrogens is 290 g/mol. The van der Waals surface area contributed by atoms with Gasteiger partial charge in [0.1, 0.15) is 0 Å². The normalized spacial score (nSPS) is 31.5. The first kappa shape index (κ1) is 15.9. The Bertz CT molecular complexity index is 749. The number of benzene rings is 2. The Kier molecular flexibility index (Phi) is 3.80. The van der Waals surface area contributed by atoms with Crippen LogP contribution < -0.4 is 5.32 Å². The first-order valence-corrected chi connectivity index (χ1v) is 9.59. The molecule has 0 bridgehead atoms. The lowest BCUT2D eigenvalue weighted by Crippen LogP contribution is -2.44. The number of rotatable bonds is 3. The summed E-state index contributed by atoms with van der Waals surface area (Å²) in [6, 6.07) is 18.2. The van der Waals surface area contributed by atoms with Gasteiger partial charge in [-0.2, -0.15) is 0 Å². The second kappa shape index (κ2) is 5.74.